The summed E-state index contributed by atoms with van der Waals surface area (Å²) in [6.07, 6.45) is -0.301. The molecular formula is C12H14BrNO2. The number of rotatable bonds is 2. The predicted molar refractivity (Wildman–Crippen MR) is 67.3 cm³/mol. The summed E-state index contributed by atoms with van der Waals surface area (Å²) in [4.78, 5) is 13.4. The number of amides is 1. The highest BCUT2D eigenvalue weighted by Gasteiger charge is 2.32. The molecule has 0 N–H and O–H groups in total. The number of nitrogens with zero attached hydrogens (tertiary/aromatic N) is 1. The molecule has 1 unspecified atom stereocenters. The quantitative estimate of drug-likeness (QED) is 0.781. The number of carbonyl (C=O) groups is 1. The highest BCUT2D eigenvalue weighted by atomic mass is 79.9. The van der Waals surface area contributed by atoms with Crippen molar-refractivity contribution >= 4 is 27.7 Å². The van der Waals surface area contributed by atoms with E-state index in [0.29, 0.717) is 11.9 Å². The lowest BCUT2D eigenvalue weighted by Crippen LogP contribution is -2.25. The summed E-state index contributed by atoms with van der Waals surface area (Å²) >= 11 is 3.33. The van der Waals surface area contributed by atoms with Crippen LogP contribution in [0.4, 0.5) is 10.5 Å². The number of ether oxygens (including phenoxy) is 1. The van der Waals surface area contributed by atoms with Gasteiger partial charge in [0, 0.05) is 5.33 Å². The Kier molecular flexibility index (Phi) is 3.19. The highest BCUT2D eigenvalue weighted by Crippen LogP contribution is 2.26. The molecule has 1 aromatic rings. The van der Waals surface area contributed by atoms with Gasteiger partial charge in [0.15, 0.2) is 0 Å². The molecule has 86 valence electrons. The van der Waals surface area contributed by atoms with E-state index in [1.165, 1.54) is 5.56 Å². The first-order valence-electron chi connectivity index (χ1n) is 5.23. The van der Waals surface area contributed by atoms with Gasteiger partial charge >= 0.3 is 6.09 Å². The van der Waals surface area contributed by atoms with E-state index in [1.54, 1.807) is 4.90 Å². The molecule has 0 aromatic heterocycles. The molecule has 1 amide bonds. The smallest absolute Gasteiger partial charge is 0.414 e. The third kappa shape index (κ3) is 2.07. The van der Waals surface area contributed by atoms with Crippen LogP contribution in [-0.2, 0) is 4.74 Å². The molecular weight excluding hydrogens is 270 g/mol. The summed E-state index contributed by atoms with van der Waals surface area (Å²) in [5.41, 5.74) is 3.25. The van der Waals surface area contributed by atoms with Crippen LogP contribution >= 0.6 is 15.9 Å². The van der Waals surface area contributed by atoms with E-state index in [9.17, 15) is 4.79 Å². The number of benzene rings is 1. The van der Waals surface area contributed by atoms with Crippen LogP contribution in [0.2, 0.25) is 0 Å². The van der Waals surface area contributed by atoms with Crippen molar-refractivity contribution in [2.45, 2.75) is 20.0 Å². The van der Waals surface area contributed by atoms with E-state index in [4.69, 9.17) is 4.74 Å². The Morgan fingerprint density at radius 2 is 2.25 bits per heavy atom. The lowest BCUT2D eigenvalue weighted by molar-refractivity contribution is 0.152. The SMILES string of the molecule is Cc1ccc(N2CC(CBr)OC2=O)c(C)c1. The van der Waals surface area contributed by atoms with Crippen molar-refractivity contribution in [1.82, 2.24) is 0 Å². The van der Waals surface area contributed by atoms with E-state index >= 15 is 0 Å². The van der Waals surface area contributed by atoms with Crippen LogP contribution in [0.15, 0.2) is 18.2 Å². The summed E-state index contributed by atoms with van der Waals surface area (Å²) in [5.74, 6) is 0. The topological polar surface area (TPSA) is 29.5 Å². The predicted octanol–water partition coefficient (Wildman–Crippen LogP) is 3.02. The number of aryl methyl sites for hydroxylation is 2. The lowest BCUT2D eigenvalue weighted by Gasteiger charge is -2.16. The first-order chi connectivity index (χ1) is 7.61. The normalized spacial score (nSPS) is 20.1. The van der Waals surface area contributed by atoms with Crippen LogP contribution in [0.1, 0.15) is 11.1 Å². The largest absolute Gasteiger partial charge is 0.443 e. The summed E-state index contributed by atoms with van der Waals surface area (Å²) in [6.45, 7) is 4.67. The van der Waals surface area contributed by atoms with Crippen molar-refractivity contribution in [3.63, 3.8) is 0 Å². The minimum Gasteiger partial charge on any atom is -0.443 e. The zero-order chi connectivity index (χ0) is 11.7. The Hall–Kier alpha value is -1.03. The average molecular weight is 284 g/mol. The van der Waals surface area contributed by atoms with Crippen LogP contribution in [-0.4, -0.2) is 24.1 Å². The van der Waals surface area contributed by atoms with Gasteiger partial charge < -0.3 is 4.74 Å². The molecule has 1 fully saturated rings. The van der Waals surface area contributed by atoms with E-state index in [0.717, 1.165) is 11.3 Å². The van der Waals surface area contributed by atoms with Crippen molar-refractivity contribution < 1.29 is 9.53 Å². The van der Waals surface area contributed by atoms with Crippen molar-refractivity contribution in [3.05, 3.63) is 29.3 Å². The van der Waals surface area contributed by atoms with Crippen LogP contribution in [0.5, 0.6) is 0 Å². The van der Waals surface area contributed by atoms with Gasteiger partial charge in [-0.15, -0.1) is 0 Å². The fourth-order valence-corrected chi connectivity index (χ4v) is 2.24. The van der Waals surface area contributed by atoms with Crippen LogP contribution in [0, 0.1) is 13.8 Å². The first-order valence-corrected chi connectivity index (χ1v) is 6.35. The standard InChI is InChI=1S/C12H14BrNO2/c1-8-3-4-11(9(2)5-8)14-7-10(6-13)16-12(14)15/h3-5,10H,6-7H2,1-2H3. The zero-order valence-corrected chi connectivity index (χ0v) is 11.0. The second-order valence-corrected chi connectivity index (χ2v) is 4.71. The van der Waals surface area contributed by atoms with Crippen molar-refractivity contribution in [3.8, 4) is 0 Å². The molecule has 0 bridgehead atoms. The number of hydrogen-bond acceptors (Lipinski definition) is 2. The van der Waals surface area contributed by atoms with E-state index in [2.05, 4.69) is 22.0 Å². The van der Waals surface area contributed by atoms with Crippen LogP contribution in [0.3, 0.4) is 0 Å². The second kappa shape index (κ2) is 4.45. The summed E-state index contributed by atoms with van der Waals surface area (Å²) < 4.78 is 5.20. The molecule has 1 saturated heterocycles. The summed E-state index contributed by atoms with van der Waals surface area (Å²) in [6, 6.07) is 6.06. The second-order valence-electron chi connectivity index (χ2n) is 4.06. The molecule has 3 nitrogen and oxygen atoms in total. The minimum absolute atomic E-state index is 0.0480. The van der Waals surface area contributed by atoms with E-state index in [1.807, 2.05) is 26.0 Å². The first kappa shape index (κ1) is 11.5. The number of halogens is 1. The Morgan fingerprint density at radius 1 is 1.50 bits per heavy atom. The van der Waals surface area contributed by atoms with Crippen molar-refractivity contribution in [1.29, 1.82) is 0 Å². The Balaban J connectivity index is 2.28. The summed E-state index contributed by atoms with van der Waals surface area (Å²) in [5, 5.41) is 0.681. The van der Waals surface area contributed by atoms with Gasteiger partial charge in [0.25, 0.3) is 0 Å². The Labute approximate surface area is 104 Å². The fraction of sp³-hybridized carbons (Fsp3) is 0.417. The number of alkyl halides is 1. The molecule has 16 heavy (non-hydrogen) atoms. The highest BCUT2D eigenvalue weighted by molar-refractivity contribution is 9.09. The molecule has 1 atom stereocenters. The van der Waals surface area contributed by atoms with Crippen molar-refractivity contribution in [2.75, 3.05) is 16.8 Å². The average Bonchev–Trinajstić information content (AvgIpc) is 2.60. The van der Waals surface area contributed by atoms with Crippen LogP contribution < -0.4 is 4.90 Å². The van der Waals surface area contributed by atoms with Gasteiger partial charge in [0.05, 0.1) is 12.2 Å². The molecule has 1 heterocycles. The molecule has 4 heteroatoms. The monoisotopic (exact) mass is 283 g/mol. The van der Waals surface area contributed by atoms with Gasteiger partial charge in [0.2, 0.25) is 0 Å². The van der Waals surface area contributed by atoms with Gasteiger partial charge in [-0.05, 0) is 25.5 Å². The third-order valence-electron chi connectivity index (χ3n) is 2.69. The molecule has 0 saturated carbocycles. The molecule has 0 radical (unpaired) electrons. The third-order valence-corrected chi connectivity index (χ3v) is 3.41. The van der Waals surface area contributed by atoms with Crippen molar-refractivity contribution in [2.24, 2.45) is 0 Å². The van der Waals surface area contributed by atoms with E-state index < -0.39 is 0 Å². The van der Waals surface area contributed by atoms with Gasteiger partial charge in [-0.2, -0.15) is 0 Å². The van der Waals surface area contributed by atoms with E-state index in [-0.39, 0.29) is 12.2 Å². The lowest BCUT2D eigenvalue weighted by atomic mass is 10.1. The Morgan fingerprint density at radius 3 is 2.81 bits per heavy atom. The van der Waals surface area contributed by atoms with Gasteiger partial charge in [-0.1, -0.05) is 33.6 Å². The van der Waals surface area contributed by atoms with Gasteiger partial charge in [-0.3, -0.25) is 4.90 Å². The zero-order valence-electron chi connectivity index (χ0n) is 9.37. The maximum absolute atomic E-state index is 11.7. The fourth-order valence-electron chi connectivity index (χ4n) is 1.91. The molecule has 1 aliphatic rings. The molecule has 2 rings (SSSR count). The number of hydrogen-bond donors (Lipinski definition) is 0. The molecule has 1 aliphatic heterocycles. The molecule has 1 aromatic carbocycles. The number of cyclic esters (lactones) is 1. The molecule has 0 aliphatic carbocycles. The number of carbonyl (C=O) groups excluding carboxylic acids is 1. The van der Waals surface area contributed by atoms with Crippen LogP contribution in [0.25, 0.3) is 0 Å². The maximum atomic E-state index is 11.7. The van der Waals surface area contributed by atoms with Gasteiger partial charge in [0.1, 0.15) is 6.10 Å². The number of anilines is 1. The maximum Gasteiger partial charge on any atom is 0.414 e. The van der Waals surface area contributed by atoms with Gasteiger partial charge in [-0.25, -0.2) is 4.79 Å². The minimum atomic E-state index is -0.253. The Bertz CT molecular complexity index is 419. The summed E-state index contributed by atoms with van der Waals surface area (Å²) in [7, 11) is 0. The molecule has 0 spiro atoms.